The topological polar surface area (TPSA) is 64.4 Å². The van der Waals surface area contributed by atoms with Gasteiger partial charge in [-0.05, 0) is 18.2 Å². The van der Waals surface area contributed by atoms with Crippen LogP contribution in [0.1, 0.15) is 5.69 Å². The van der Waals surface area contributed by atoms with Gasteiger partial charge in [-0.15, -0.1) is 0 Å². The Bertz CT molecular complexity index is 622. The van der Waals surface area contributed by atoms with Crippen molar-refractivity contribution in [3.05, 3.63) is 35.9 Å². The van der Waals surface area contributed by atoms with Crippen LogP contribution in [0.25, 0.3) is 11.1 Å². The van der Waals surface area contributed by atoms with Crippen LogP contribution in [0.5, 0.6) is 5.75 Å². The minimum absolute atomic E-state index is 0.226. The van der Waals surface area contributed by atoms with Gasteiger partial charge in [-0.2, -0.15) is 5.10 Å². The lowest BCUT2D eigenvalue weighted by atomic mass is 10.0. The van der Waals surface area contributed by atoms with Gasteiger partial charge < -0.3 is 9.84 Å². The molecular weight excluding hydrogens is 251 g/mol. The number of carboxylic acid groups (broad SMARTS) is 1. The molecule has 2 aromatic rings. The fourth-order valence-corrected chi connectivity index (χ4v) is 1.92. The fourth-order valence-electron chi connectivity index (χ4n) is 1.92. The molecule has 1 heterocycles. The van der Waals surface area contributed by atoms with E-state index in [4.69, 9.17) is 9.84 Å². The Labute approximate surface area is 109 Å². The first-order valence-electron chi connectivity index (χ1n) is 5.59. The fraction of sp³-hybridized carbons (Fsp3) is 0.231. The Balaban J connectivity index is 2.57. The maximum Gasteiger partial charge on any atom is 0.309 e. The summed E-state index contributed by atoms with van der Waals surface area (Å²) in [6, 6.07) is 4.10. The lowest BCUT2D eigenvalue weighted by Crippen LogP contribution is -2.03. The van der Waals surface area contributed by atoms with Crippen LogP contribution < -0.4 is 4.74 Å². The number of hydrogen-bond donors (Lipinski definition) is 1. The van der Waals surface area contributed by atoms with E-state index in [1.165, 1.54) is 30.0 Å². The highest BCUT2D eigenvalue weighted by Crippen LogP contribution is 2.32. The van der Waals surface area contributed by atoms with E-state index in [2.05, 4.69) is 5.10 Å². The molecule has 2 rings (SSSR count). The van der Waals surface area contributed by atoms with Crippen molar-refractivity contribution < 1.29 is 19.0 Å². The van der Waals surface area contributed by atoms with Gasteiger partial charge in [-0.1, -0.05) is 0 Å². The smallest absolute Gasteiger partial charge is 0.309 e. The molecular formula is C13H13FN2O3. The molecule has 0 spiro atoms. The van der Waals surface area contributed by atoms with Gasteiger partial charge in [0, 0.05) is 24.4 Å². The van der Waals surface area contributed by atoms with E-state index >= 15 is 0 Å². The SMILES string of the molecule is COc1ccc(F)cc1-c1cn(C)nc1CC(=O)O. The highest BCUT2D eigenvalue weighted by Gasteiger charge is 2.17. The zero-order chi connectivity index (χ0) is 14.0. The van der Waals surface area contributed by atoms with E-state index < -0.39 is 11.8 Å². The molecule has 5 nitrogen and oxygen atoms in total. The number of ether oxygens (including phenoxy) is 1. The molecule has 0 radical (unpaired) electrons. The lowest BCUT2D eigenvalue weighted by Gasteiger charge is -2.08. The Kier molecular flexibility index (Phi) is 3.50. The van der Waals surface area contributed by atoms with Gasteiger partial charge in [-0.25, -0.2) is 4.39 Å². The predicted octanol–water partition coefficient (Wildman–Crippen LogP) is 1.86. The summed E-state index contributed by atoms with van der Waals surface area (Å²) in [5.74, 6) is -0.933. The van der Waals surface area contributed by atoms with E-state index in [-0.39, 0.29) is 6.42 Å². The highest BCUT2D eigenvalue weighted by molar-refractivity contribution is 5.77. The number of aliphatic carboxylic acids is 1. The summed E-state index contributed by atoms with van der Waals surface area (Å²) in [5, 5.41) is 13.0. The van der Waals surface area contributed by atoms with Gasteiger partial charge in [-0.3, -0.25) is 9.48 Å². The Morgan fingerprint density at radius 1 is 1.47 bits per heavy atom. The molecule has 0 unspecified atom stereocenters. The number of rotatable bonds is 4. The van der Waals surface area contributed by atoms with Crippen LogP contribution in [0, 0.1) is 5.82 Å². The van der Waals surface area contributed by atoms with Crippen molar-refractivity contribution in [2.45, 2.75) is 6.42 Å². The molecule has 19 heavy (non-hydrogen) atoms. The third-order valence-electron chi connectivity index (χ3n) is 2.68. The van der Waals surface area contributed by atoms with Crippen LogP contribution in [-0.2, 0) is 18.3 Å². The molecule has 0 bridgehead atoms. The number of hydrogen-bond acceptors (Lipinski definition) is 3. The number of aromatic nitrogens is 2. The van der Waals surface area contributed by atoms with Crippen molar-refractivity contribution in [1.82, 2.24) is 9.78 Å². The lowest BCUT2D eigenvalue weighted by molar-refractivity contribution is -0.136. The van der Waals surface area contributed by atoms with Crippen molar-refractivity contribution in [1.29, 1.82) is 0 Å². The van der Waals surface area contributed by atoms with Crippen molar-refractivity contribution in [2.75, 3.05) is 7.11 Å². The molecule has 6 heteroatoms. The maximum atomic E-state index is 13.4. The molecule has 0 saturated heterocycles. The van der Waals surface area contributed by atoms with Crippen LogP contribution in [-0.4, -0.2) is 28.0 Å². The molecule has 0 fully saturated rings. The Morgan fingerprint density at radius 2 is 2.21 bits per heavy atom. The number of benzene rings is 1. The van der Waals surface area contributed by atoms with Crippen LogP contribution >= 0.6 is 0 Å². The standard InChI is InChI=1S/C13H13FN2O3/c1-16-7-10(11(15-16)6-13(17)18)9-5-8(14)3-4-12(9)19-2/h3-5,7H,6H2,1-2H3,(H,17,18). The van der Waals surface area contributed by atoms with Crippen molar-refractivity contribution in [3.8, 4) is 16.9 Å². The normalized spacial score (nSPS) is 10.5. The van der Waals surface area contributed by atoms with E-state index in [1.54, 1.807) is 13.2 Å². The molecule has 0 atom stereocenters. The zero-order valence-electron chi connectivity index (χ0n) is 10.6. The molecule has 100 valence electrons. The van der Waals surface area contributed by atoms with Gasteiger partial charge >= 0.3 is 5.97 Å². The third kappa shape index (κ3) is 2.73. The first kappa shape index (κ1) is 13.1. The average molecular weight is 264 g/mol. The first-order valence-corrected chi connectivity index (χ1v) is 5.59. The monoisotopic (exact) mass is 264 g/mol. The van der Waals surface area contributed by atoms with E-state index in [0.717, 1.165) is 0 Å². The number of halogens is 1. The third-order valence-corrected chi connectivity index (χ3v) is 2.68. The van der Waals surface area contributed by atoms with Crippen LogP contribution in [0.3, 0.4) is 0 Å². The van der Waals surface area contributed by atoms with Gasteiger partial charge in [0.2, 0.25) is 0 Å². The molecule has 0 aliphatic heterocycles. The van der Waals surface area contributed by atoms with Crippen LogP contribution in [0.4, 0.5) is 4.39 Å². The number of methoxy groups -OCH3 is 1. The van der Waals surface area contributed by atoms with Gasteiger partial charge in [0.15, 0.2) is 0 Å². The highest BCUT2D eigenvalue weighted by atomic mass is 19.1. The number of carbonyl (C=O) groups is 1. The van der Waals surface area contributed by atoms with E-state index in [0.29, 0.717) is 22.6 Å². The predicted molar refractivity (Wildman–Crippen MR) is 66.5 cm³/mol. The second kappa shape index (κ2) is 5.09. The van der Waals surface area contributed by atoms with Crippen molar-refractivity contribution in [3.63, 3.8) is 0 Å². The second-order valence-corrected chi connectivity index (χ2v) is 4.08. The Hall–Kier alpha value is -2.37. The van der Waals surface area contributed by atoms with Crippen LogP contribution in [0.2, 0.25) is 0 Å². The van der Waals surface area contributed by atoms with Crippen molar-refractivity contribution in [2.24, 2.45) is 7.05 Å². The van der Waals surface area contributed by atoms with E-state index in [1.807, 2.05) is 0 Å². The summed E-state index contributed by atoms with van der Waals surface area (Å²) in [6.45, 7) is 0. The molecule has 1 aromatic carbocycles. The number of aryl methyl sites for hydroxylation is 1. The van der Waals surface area contributed by atoms with E-state index in [9.17, 15) is 9.18 Å². The summed E-state index contributed by atoms with van der Waals surface area (Å²) < 4.78 is 20.0. The number of carboxylic acids is 1. The molecule has 0 amide bonds. The summed E-state index contributed by atoms with van der Waals surface area (Å²) >= 11 is 0. The zero-order valence-corrected chi connectivity index (χ0v) is 10.6. The molecule has 0 saturated carbocycles. The van der Waals surface area contributed by atoms with Crippen molar-refractivity contribution >= 4 is 5.97 Å². The second-order valence-electron chi connectivity index (χ2n) is 4.08. The quantitative estimate of drug-likeness (QED) is 0.915. The first-order chi connectivity index (χ1) is 9.01. The summed E-state index contributed by atoms with van der Waals surface area (Å²) in [7, 11) is 3.16. The Morgan fingerprint density at radius 3 is 2.84 bits per heavy atom. The largest absolute Gasteiger partial charge is 0.496 e. The minimum atomic E-state index is -0.990. The summed E-state index contributed by atoms with van der Waals surface area (Å²) in [5.41, 5.74) is 1.42. The molecule has 1 aromatic heterocycles. The summed E-state index contributed by atoms with van der Waals surface area (Å²) in [6.07, 6.45) is 1.42. The average Bonchev–Trinajstić information content (AvgIpc) is 2.69. The minimum Gasteiger partial charge on any atom is -0.496 e. The molecule has 0 aliphatic carbocycles. The van der Waals surface area contributed by atoms with Gasteiger partial charge in [0.25, 0.3) is 0 Å². The van der Waals surface area contributed by atoms with Gasteiger partial charge in [0.05, 0.1) is 19.2 Å². The molecule has 1 N–H and O–H groups in total. The van der Waals surface area contributed by atoms with Crippen LogP contribution in [0.15, 0.2) is 24.4 Å². The van der Waals surface area contributed by atoms with Gasteiger partial charge in [0.1, 0.15) is 11.6 Å². The summed E-state index contributed by atoms with van der Waals surface area (Å²) in [4.78, 5) is 10.8. The maximum absolute atomic E-state index is 13.4. The number of nitrogens with zero attached hydrogens (tertiary/aromatic N) is 2. The molecule has 0 aliphatic rings.